The third kappa shape index (κ3) is 3.34. The lowest BCUT2D eigenvalue weighted by Crippen LogP contribution is -2.35. The molecule has 5 heteroatoms. The number of nitrogens with one attached hydrogen (secondary N) is 1. The molecule has 0 aliphatic rings. The van der Waals surface area contributed by atoms with Gasteiger partial charge >= 0.3 is 0 Å². The number of anilines is 1. The monoisotopic (exact) mass is 258 g/mol. The van der Waals surface area contributed by atoms with E-state index in [1.807, 2.05) is 30.7 Å². The molecule has 1 atom stereocenters. The zero-order valence-electron chi connectivity index (χ0n) is 11.1. The summed E-state index contributed by atoms with van der Waals surface area (Å²) >= 11 is 0. The molecule has 0 fully saturated rings. The van der Waals surface area contributed by atoms with Crippen LogP contribution in [0.2, 0.25) is 0 Å². The van der Waals surface area contributed by atoms with E-state index in [0.717, 1.165) is 5.56 Å². The van der Waals surface area contributed by atoms with Gasteiger partial charge in [0, 0.05) is 30.7 Å². The van der Waals surface area contributed by atoms with E-state index in [1.165, 1.54) is 0 Å². The smallest absolute Gasteiger partial charge is 0.253 e. The van der Waals surface area contributed by atoms with Crippen molar-refractivity contribution in [3.05, 3.63) is 48.0 Å². The summed E-state index contributed by atoms with van der Waals surface area (Å²) in [5, 5.41) is 2.93. The Morgan fingerprint density at radius 1 is 1.53 bits per heavy atom. The largest absolute Gasteiger partial charge is 0.398 e. The minimum Gasteiger partial charge on any atom is -0.398 e. The van der Waals surface area contributed by atoms with Crippen LogP contribution >= 0.6 is 0 Å². The summed E-state index contributed by atoms with van der Waals surface area (Å²) in [5.74, 6) is -0.145. The molecule has 100 valence electrons. The summed E-state index contributed by atoms with van der Waals surface area (Å²) in [4.78, 5) is 16.1. The van der Waals surface area contributed by atoms with Crippen LogP contribution in [0.4, 0.5) is 5.69 Å². The minimum absolute atomic E-state index is 0.00149. The van der Waals surface area contributed by atoms with Gasteiger partial charge in [-0.3, -0.25) is 4.79 Å². The van der Waals surface area contributed by atoms with Gasteiger partial charge in [-0.1, -0.05) is 11.6 Å². The van der Waals surface area contributed by atoms with E-state index in [-0.39, 0.29) is 11.9 Å². The van der Waals surface area contributed by atoms with Crippen molar-refractivity contribution in [3.8, 4) is 0 Å². The van der Waals surface area contributed by atoms with E-state index >= 15 is 0 Å². The van der Waals surface area contributed by atoms with Crippen LogP contribution in [0.15, 0.2) is 36.9 Å². The number of hydrogen-bond acceptors (Lipinski definition) is 3. The van der Waals surface area contributed by atoms with Gasteiger partial charge in [-0.25, -0.2) is 4.98 Å². The van der Waals surface area contributed by atoms with E-state index in [1.54, 1.807) is 24.7 Å². The molecular weight excluding hydrogens is 240 g/mol. The average Bonchev–Trinajstić information content (AvgIpc) is 2.84. The molecule has 1 unspecified atom stereocenters. The maximum atomic E-state index is 12.1. The highest BCUT2D eigenvalue weighted by Gasteiger charge is 2.13. The Morgan fingerprint density at radius 2 is 2.32 bits per heavy atom. The molecule has 0 bridgehead atoms. The second-order valence-electron chi connectivity index (χ2n) is 4.72. The van der Waals surface area contributed by atoms with Gasteiger partial charge in [-0.15, -0.1) is 0 Å². The molecule has 0 aliphatic carbocycles. The molecule has 19 heavy (non-hydrogen) atoms. The molecule has 1 aromatic carbocycles. The minimum atomic E-state index is -0.145. The Balaban J connectivity index is 2.02. The molecule has 1 amide bonds. The van der Waals surface area contributed by atoms with Crippen molar-refractivity contribution in [1.82, 2.24) is 14.9 Å². The van der Waals surface area contributed by atoms with Crippen LogP contribution in [0.25, 0.3) is 0 Å². The van der Waals surface area contributed by atoms with Gasteiger partial charge in [0.15, 0.2) is 0 Å². The third-order valence-electron chi connectivity index (χ3n) is 2.87. The van der Waals surface area contributed by atoms with Crippen molar-refractivity contribution in [3.63, 3.8) is 0 Å². The van der Waals surface area contributed by atoms with Gasteiger partial charge in [0.05, 0.1) is 11.9 Å². The Bertz CT molecular complexity index is 563. The molecule has 0 saturated heterocycles. The molecule has 0 spiro atoms. The van der Waals surface area contributed by atoms with Crippen LogP contribution in [0.5, 0.6) is 0 Å². The second kappa shape index (κ2) is 5.56. The highest BCUT2D eigenvalue weighted by Crippen LogP contribution is 2.13. The lowest BCUT2D eigenvalue weighted by Gasteiger charge is -2.15. The van der Waals surface area contributed by atoms with Crippen molar-refractivity contribution in [2.45, 2.75) is 26.4 Å². The fraction of sp³-hybridized carbons (Fsp3) is 0.286. The van der Waals surface area contributed by atoms with Gasteiger partial charge in [-0.05, 0) is 26.0 Å². The SMILES string of the molecule is Cc1ccc(N)c(C(=O)NC(C)Cn2ccnc2)c1. The van der Waals surface area contributed by atoms with Crippen LogP contribution in [-0.4, -0.2) is 21.5 Å². The summed E-state index contributed by atoms with van der Waals surface area (Å²) < 4.78 is 1.92. The van der Waals surface area contributed by atoms with Gasteiger partial charge in [0.1, 0.15) is 0 Å². The fourth-order valence-electron chi connectivity index (χ4n) is 1.92. The topological polar surface area (TPSA) is 72.9 Å². The molecule has 3 N–H and O–H groups in total. The summed E-state index contributed by atoms with van der Waals surface area (Å²) in [6, 6.07) is 5.45. The summed E-state index contributed by atoms with van der Waals surface area (Å²) in [6.45, 7) is 4.56. The van der Waals surface area contributed by atoms with Crippen LogP contribution in [-0.2, 0) is 6.54 Å². The number of amides is 1. The first kappa shape index (κ1) is 13.1. The number of nitrogen functional groups attached to an aromatic ring is 1. The molecule has 1 aromatic heterocycles. The van der Waals surface area contributed by atoms with E-state index in [9.17, 15) is 4.79 Å². The van der Waals surface area contributed by atoms with Crippen molar-refractivity contribution in [2.24, 2.45) is 0 Å². The number of nitrogens with zero attached hydrogens (tertiary/aromatic N) is 2. The number of carbonyl (C=O) groups is 1. The number of rotatable bonds is 4. The highest BCUT2D eigenvalue weighted by atomic mass is 16.1. The average molecular weight is 258 g/mol. The zero-order valence-corrected chi connectivity index (χ0v) is 11.1. The Hall–Kier alpha value is -2.30. The molecule has 2 rings (SSSR count). The first-order valence-corrected chi connectivity index (χ1v) is 6.19. The van der Waals surface area contributed by atoms with Crippen LogP contribution < -0.4 is 11.1 Å². The molecular formula is C14H18N4O. The van der Waals surface area contributed by atoms with Gasteiger partial charge in [-0.2, -0.15) is 0 Å². The summed E-state index contributed by atoms with van der Waals surface area (Å²) in [6.07, 6.45) is 5.31. The maximum absolute atomic E-state index is 12.1. The standard InChI is InChI=1S/C14H18N4O/c1-10-3-4-13(15)12(7-10)14(19)17-11(2)8-18-6-5-16-9-18/h3-7,9,11H,8,15H2,1-2H3,(H,17,19). The van der Waals surface area contributed by atoms with Gasteiger partial charge in [0.25, 0.3) is 5.91 Å². The molecule has 0 radical (unpaired) electrons. The quantitative estimate of drug-likeness (QED) is 0.818. The number of imidazole rings is 1. The predicted octanol–water partition coefficient (Wildman–Crippen LogP) is 1.59. The second-order valence-corrected chi connectivity index (χ2v) is 4.72. The number of carbonyl (C=O) groups excluding carboxylic acids is 1. The van der Waals surface area contributed by atoms with Crippen LogP contribution in [0, 0.1) is 6.92 Å². The first-order valence-electron chi connectivity index (χ1n) is 6.19. The van der Waals surface area contributed by atoms with Crippen molar-refractivity contribution < 1.29 is 4.79 Å². The number of nitrogens with two attached hydrogens (primary N) is 1. The number of aromatic nitrogens is 2. The first-order chi connectivity index (χ1) is 9.06. The third-order valence-corrected chi connectivity index (χ3v) is 2.87. The lowest BCUT2D eigenvalue weighted by atomic mass is 10.1. The maximum Gasteiger partial charge on any atom is 0.253 e. The summed E-state index contributed by atoms with van der Waals surface area (Å²) in [5.41, 5.74) is 7.86. The Morgan fingerprint density at radius 3 is 3.00 bits per heavy atom. The predicted molar refractivity (Wildman–Crippen MR) is 74.7 cm³/mol. The highest BCUT2D eigenvalue weighted by molar-refractivity contribution is 5.99. The number of benzene rings is 1. The molecule has 0 aliphatic heterocycles. The lowest BCUT2D eigenvalue weighted by molar-refractivity contribution is 0.0937. The summed E-state index contributed by atoms with van der Waals surface area (Å²) in [7, 11) is 0. The zero-order chi connectivity index (χ0) is 13.8. The van der Waals surface area contributed by atoms with Gasteiger partial charge in [0.2, 0.25) is 0 Å². The van der Waals surface area contributed by atoms with E-state index in [4.69, 9.17) is 5.73 Å². The van der Waals surface area contributed by atoms with Crippen LogP contribution in [0.3, 0.4) is 0 Å². The molecule has 2 aromatic rings. The van der Waals surface area contributed by atoms with E-state index in [2.05, 4.69) is 10.3 Å². The Kier molecular flexibility index (Phi) is 3.85. The number of aryl methyl sites for hydroxylation is 1. The normalized spacial score (nSPS) is 12.1. The fourth-order valence-corrected chi connectivity index (χ4v) is 1.92. The van der Waals surface area contributed by atoms with Crippen molar-refractivity contribution >= 4 is 11.6 Å². The molecule has 0 saturated carbocycles. The number of hydrogen-bond donors (Lipinski definition) is 2. The van der Waals surface area contributed by atoms with Crippen LogP contribution in [0.1, 0.15) is 22.8 Å². The van der Waals surface area contributed by atoms with E-state index in [0.29, 0.717) is 17.8 Å². The Labute approximate surface area is 112 Å². The van der Waals surface area contributed by atoms with Crippen molar-refractivity contribution in [2.75, 3.05) is 5.73 Å². The molecule has 5 nitrogen and oxygen atoms in total. The van der Waals surface area contributed by atoms with E-state index < -0.39 is 0 Å². The molecule has 1 heterocycles. The van der Waals surface area contributed by atoms with Gasteiger partial charge < -0.3 is 15.6 Å². The van der Waals surface area contributed by atoms with Crippen molar-refractivity contribution in [1.29, 1.82) is 0 Å².